The highest BCUT2D eigenvalue weighted by Gasteiger charge is 2.61. The number of amides is 2. The van der Waals surface area contributed by atoms with E-state index in [2.05, 4.69) is 0 Å². The number of carbonyl (C=O) groups is 2. The lowest BCUT2D eigenvalue weighted by atomic mass is 9.89. The molecule has 0 bridgehead atoms. The van der Waals surface area contributed by atoms with Crippen LogP contribution in [0.5, 0.6) is 23.0 Å². The van der Waals surface area contributed by atoms with Crippen LogP contribution in [0.4, 0.5) is 17.1 Å². The van der Waals surface area contributed by atoms with E-state index in [0.717, 1.165) is 4.90 Å². The maximum atomic E-state index is 14.0. The van der Waals surface area contributed by atoms with E-state index in [1.165, 1.54) is 44.6 Å². The van der Waals surface area contributed by atoms with Gasteiger partial charge in [0, 0.05) is 23.8 Å². The summed E-state index contributed by atoms with van der Waals surface area (Å²) in [5.74, 6) is -0.640. The van der Waals surface area contributed by atoms with Crippen LogP contribution in [0.2, 0.25) is 0 Å². The number of fused-ring (bicyclic) bond motifs is 1. The van der Waals surface area contributed by atoms with Gasteiger partial charge in [-0.3, -0.25) is 24.5 Å². The summed E-state index contributed by atoms with van der Waals surface area (Å²) in [5, 5.41) is 12.9. The van der Waals surface area contributed by atoms with Crippen molar-refractivity contribution in [3.05, 3.63) is 76.3 Å². The summed E-state index contributed by atoms with van der Waals surface area (Å²) in [4.78, 5) is 46.0. The van der Waals surface area contributed by atoms with Gasteiger partial charge in [-0.2, -0.15) is 0 Å². The number of carbonyl (C=O) groups excluding carboxylic acids is 2. The van der Waals surface area contributed by atoms with Crippen LogP contribution >= 0.6 is 0 Å². The van der Waals surface area contributed by atoms with Gasteiger partial charge in [0.15, 0.2) is 17.6 Å². The molecule has 0 aromatic heterocycles. The Hall–Kier alpha value is -4.84. The molecule has 0 spiro atoms. The van der Waals surface area contributed by atoms with Gasteiger partial charge in [-0.1, -0.05) is 12.1 Å². The molecule has 2 fully saturated rings. The molecule has 2 saturated heterocycles. The summed E-state index contributed by atoms with van der Waals surface area (Å²) in [7, 11) is 4.38. The molecule has 3 aromatic rings. The SMILES string of the molecule is CCOc1cccc(N2C(=O)[C@@H]3[C@@H](ON(c4cccc([N+](=O)[O-])c4)[C@H]3c3ccc(OC)c(OC)c3OC)C2=O)c1. The molecule has 0 radical (unpaired) electrons. The van der Waals surface area contributed by atoms with Crippen LogP contribution in [-0.4, -0.2) is 50.8 Å². The summed E-state index contributed by atoms with van der Waals surface area (Å²) in [6.07, 6.45) is -1.20. The molecule has 12 heteroatoms. The maximum Gasteiger partial charge on any atom is 0.271 e. The molecule has 0 unspecified atom stereocenters. The third-order valence-corrected chi connectivity index (χ3v) is 6.85. The van der Waals surface area contributed by atoms with Gasteiger partial charge in [0.25, 0.3) is 11.6 Å². The van der Waals surface area contributed by atoms with E-state index in [1.807, 2.05) is 6.92 Å². The topological polar surface area (TPSA) is 130 Å². The second kappa shape index (κ2) is 10.7. The fourth-order valence-corrected chi connectivity index (χ4v) is 5.19. The number of nitrogens with zero attached hydrogens (tertiary/aromatic N) is 3. The Morgan fingerprint density at radius 3 is 2.30 bits per heavy atom. The first-order valence-corrected chi connectivity index (χ1v) is 12.4. The average Bonchev–Trinajstić information content (AvgIpc) is 3.47. The zero-order valence-electron chi connectivity index (χ0n) is 22.2. The molecule has 0 saturated carbocycles. The molecule has 12 nitrogen and oxygen atoms in total. The summed E-state index contributed by atoms with van der Waals surface area (Å²) in [6.45, 7) is 2.25. The van der Waals surface area contributed by atoms with E-state index in [9.17, 15) is 19.7 Å². The van der Waals surface area contributed by atoms with Gasteiger partial charge in [-0.25, -0.2) is 9.96 Å². The van der Waals surface area contributed by atoms with E-state index in [-0.39, 0.29) is 22.9 Å². The Morgan fingerprint density at radius 2 is 1.62 bits per heavy atom. The molecule has 0 N–H and O–H groups in total. The van der Waals surface area contributed by atoms with E-state index in [4.69, 9.17) is 23.8 Å². The molecule has 2 aliphatic rings. The lowest BCUT2D eigenvalue weighted by Gasteiger charge is -2.30. The quantitative estimate of drug-likeness (QED) is 0.219. The van der Waals surface area contributed by atoms with Gasteiger partial charge < -0.3 is 18.9 Å². The van der Waals surface area contributed by atoms with Crippen LogP contribution < -0.4 is 28.9 Å². The molecule has 2 amide bonds. The van der Waals surface area contributed by atoms with E-state index >= 15 is 0 Å². The normalized spacial score (nSPS) is 19.9. The summed E-state index contributed by atoms with van der Waals surface area (Å²) in [5.41, 5.74) is 0.920. The zero-order valence-corrected chi connectivity index (χ0v) is 22.2. The maximum absolute atomic E-state index is 14.0. The number of ether oxygens (including phenoxy) is 4. The Bertz CT molecular complexity index is 1480. The fourth-order valence-electron chi connectivity index (χ4n) is 5.19. The van der Waals surface area contributed by atoms with E-state index in [0.29, 0.717) is 29.4 Å². The number of hydrogen-bond acceptors (Lipinski definition) is 10. The number of rotatable bonds is 9. The molecule has 5 rings (SSSR count). The Kier molecular flexibility index (Phi) is 7.18. The predicted molar refractivity (Wildman–Crippen MR) is 143 cm³/mol. The molecule has 2 heterocycles. The van der Waals surface area contributed by atoms with Gasteiger partial charge in [0.1, 0.15) is 17.7 Å². The molecule has 40 heavy (non-hydrogen) atoms. The fraction of sp³-hybridized carbons (Fsp3) is 0.286. The first kappa shape index (κ1) is 26.8. The third-order valence-electron chi connectivity index (χ3n) is 6.85. The smallest absolute Gasteiger partial charge is 0.271 e. The molecule has 208 valence electrons. The Balaban J connectivity index is 1.66. The van der Waals surface area contributed by atoms with Crippen LogP contribution in [0.15, 0.2) is 60.7 Å². The minimum absolute atomic E-state index is 0.178. The standard InChI is InChI=1S/C28H27N3O9/c1-5-39-19-11-7-8-16(15-19)29-27(32)22-23(20-12-13-21(36-2)25(38-4)24(20)37-3)30(40-26(22)28(29)33)17-9-6-10-18(14-17)31(34)35/h6-15,22-23,26H,5H2,1-4H3/t22-,23-,26+/m0/s1. The number of anilines is 2. The van der Waals surface area contributed by atoms with E-state index in [1.54, 1.807) is 42.5 Å². The van der Waals surface area contributed by atoms with Gasteiger partial charge >= 0.3 is 0 Å². The van der Waals surface area contributed by atoms with Crippen molar-refractivity contribution in [2.75, 3.05) is 37.9 Å². The second-order valence-corrected chi connectivity index (χ2v) is 8.97. The van der Waals surface area contributed by atoms with Crippen LogP contribution in [0.3, 0.4) is 0 Å². The zero-order chi connectivity index (χ0) is 28.6. The van der Waals surface area contributed by atoms with Crippen molar-refractivity contribution in [1.29, 1.82) is 0 Å². The second-order valence-electron chi connectivity index (χ2n) is 8.97. The monoisotopic (exact) mass is 549 g/mol. The number of non-ortho nitro benzene ring substituents is 1. The number of benzene rings is 3. The first-order chi connectivity index (χ1) is 19.3. The molecular weight excluding hydrogens is 522 g/mol. The molecule has 2 aliphatic heterocycles. The van der Waals surface area contributed by atoms with Crippen LogP contribution in [-0.2, 0) is 14.4 Å². The van der Waals surface area contributed by atoms with Gasteiger partial charge in [-0.05, 0) is 37.3 Å². The van der Waals surface area contributed by atoms with Crippen LogP contribution in [0, 0.1) is 16.0 Å². The molecule has 0 aliphatic carbocycles. The lowest BCUT2D eigenvalue weighted by Crippen LogP contribution is -2.37. The number of hydroxylamine groups is 1. The number of nitro benzene ring substituents is 1. The predicted octanol–water partition coefficient (Wildman–Crippen LogP) is 4.07. The third kappa shape index (κ3) is 4.31. The average molecular weight is 550 g/mol. The van der Waals surface area contributed by atoms with Crippen molar-refractivity contribution in [2.45, 2.75) is 19.1 Å². The highest BCUT2D eigenvalue weighted by atomic mass is 16.7. The van der Waals surface area contributed by atoms with Crippen molar-refractivity contribution in [3.63, 3.8) is 0 Å². The van der Waals surface area contributed by atoms with Gasteiger partial charge in [0.05, 0.1) is 44.2 Å². The highest BCUT2D eigenvalue weighted by molar-refractivity contribution is 6.24. The Labute approximate surface area is 229 Å². The summed E-state index contributed by atoms with van der Waals surface area (Å²) < 4.78 is 22.2. The first-order valence-electron chi connectivity index (χ1n) is 12.4. The van der Waals surface area contributed by atoms with Crippen molar-refractivity contribution >= 4 is 28.9 Å². The van der Waals surface area contributed by atoms with Crippen LogP contribution in [0.25, 0.3) is 0 Å². The van der Waals surface area contributed by atoms with Crippen molar-refractivity contribution in [1.82, 2.24) is 0 Å². The highest BCUT2D eigenvalue weighted by Crippen LogP contribution is 2.53. The van der Waals surface area contributed by atoms with E-state index < -0.39 is 34.8 Å². The minimum atomic E-state index is -1.20. The van der Waals surface area contributed by atoms with Crippen molar-refractivity contribution in [3.8, 4) is 23.0 Å². The Morgan fingerprint density at radius 1 is 0.900 bits per heavy atom. The minimum Gasteiger partial charge on any atom is -0.494 e. The van der Waals surface area contributed by atoms with Crippen molar-refractivity contribution < 1.29 is 38.3 Å². The number of imide groups is 1. The molecule has 3 atom stereocenters. The molecule has 3 aromatic carbocycles. The summed E-state index contributed by atoms with van der Waals surface area (Å²) in [6, 6.07) is 14.9. The van der Waals surface area contributed by atoms with Gasteiger partial charge in [0.2, 0.25) is 11.7 Å². The summed E-state index contributed by atoms with van der Waals surface area (Å²) >= 11 is 0. The largest absolute Gasteiger partial charge is 0.494 e. The number of hydrogen-bond donors (Lipinski definition) is 0. The lowest BCUT2D eigenvalue weighted by molar-refractivity contribution is -0.384. The molecular formula is C28H27N3O9. The van der Waals surface area contributed by atoms with Crippen LogP contribution in [0.1, 0.15) is 18.5 Å². The van der Waals surface area contributed by atoms with Crippen molar-refractivity contribution in [2.24, 2.45) is 5.92 Å². The number of methoxy groups -OCH3 is 3. The number of nitro groups is 1. The van der Waals surface area contributed by atoms with Gasteiger partial charge in [-0.15, -0.1) is 0 Å².